The van der Waals surface area contributed by atoms with Gasteiger partial charge in [0.15, 0.2) is 0 Å². The second kappa shape index (κ2) is 12.3. The molecule has 3 N–H and O–H groups in total. The number of carbonyl (C=O) groups excluding carboxylic acids is 1. The third-order valence-corrected chi connectivity index (χ3v) is 7.00. The Morgan fingerprint density at radius 3 is 2.27 bits per heavy atom. The predicted molar refractivity (Wildman–Crippen MR) is 162 cm³/mol. The number of aromatic nitrogens is 3. The normalized spacial score (nSPS) is 11.4. The van der Waals surface area contributed by atoms with E-state index in [-0.39, 0.29) is 51.7 Å². The number of methoxy groups -OCH3 is 2. The van der Waals surface area contributed by atoms with Gasteiger partial charge in [0.05, 0.1) is 35.4 Å². The number of amides is 1. The second-order valence-electron chi connectivity index (χ2n) is 10.1. The van der Waals surface area contributed by atoms with Gasteiger partial charge in [0.2, 0.25) is 11.9 Å². The zero-order valence-corrected chi connectivity index (χ0v) is 24.9. The molecule has 216 valence electrons. The molecule has 0 saturated carbocycles. The number of nitrogens with zero attached hydrogens (tertiary/aromatic N) is 3. The van der Waals surface area contributed by atoms with E-state index in [0.29, 0.717) is 34.6 Å². The second-order valence-corrected chi connectivity index (χ2v) is 10.8. The highest BCUT2D eigenvalue weighted by molar-refractivity contribution is 6.41. The van der Waals surface area contributed by atoms with E-state index in [1.54, 1.807) is 48.9 Å². The van der Waals surface area contributed by atoms with Crippen molar-refractivity contribution >= 4 is 51.8 Å². The van der Waals surface area contributed by atoms with Crippen LogP contribution in [0.1, 0.15) is 26.3 Å². The van der Waals surface area contributed by atoms with E-state index in [2.05, 4.69) is 20.6 Å². The lowest BCUT2D eigenvalue weighted by Crippen LogP contribution is -2.30. The summed E-state index contributed by atoms with van der Waals surface area (Å²) < 4.78 is 12.4. The highest BCUT2D eigenvalue weighted by atomic mass is 35.5. The first-order chi connectivity index (χ1) is 19.4. The van der Waals surface area contributed by atoms with Gasteiger partial charge in [-0.1, -0.05) is 35.3 Å². The van der Waals surface area contributed by atoms with Gasteiger partial charge >= 0.3 is 0 Å². The van der Waals surface area contributed by atoms with Crippen molar-refractivity contribution in [3.05, 3.63) is 68.6 Å². The van der Waals surface area contributed by atoms with Crippen LogP contribution in [0, 0.1) is 0 Å². The molecule has 0 saturated heterocycles. The number of fused-ring (bicyclic) bond motifs is 1. The molecule has 2 aromatic heterocycles. The molecule has 0 radical (unpaired) electrons. The number of aryl methyl sites for hydroxylation is 2. The van der Waals surface area contributed by atoms with Gasteiger partial charge in [-0.15, -0.1) is 0 Å². The average molecular weight is 601 g/mol. The summed E-state index contributed by atoms with van der Waals surface area (Å²) in [6.45, 7) is 5.24. The molecule has 4 rings (SSSR count). The SMILES string of the molecule is COc1cc(OC)c(Cl)c(-c2cc3cnc(NCC(C)(C)O)nc3n(CCc3ccc(NC(C)=O)cc3)c2=O)c1Cl. The number of ether oxygens (including phenoxy) is 2. The first-order valence-corrected chi connectivity index (χ1v) is 13.5. The molecule has 10 nitrogen and oxygen atoms in total. The van der Waals surface area contributed by atoms with Crippen LogP contribution in [-0.2, 0) is 17.8 Å². The zero-order valence-electron chi connectivity index (χ0n) is 23.3. The third kappa shape index (κ3) is 6.90. The van der Waals surface area contributed by atoms with Crippen molar-refractivity contribution < 1.29 is 19.4 Å². The Morgan fingerprint density at radius 1 is 1.07 bits per heavy atom. The number of benzene rings is 2. The molecule has 0 aliphatic carbocycles. The monoisotopic (exact) mass is 599 g/mol. The van der Waals surface area contributed by atoms with E-state index < -0.39 is 5.60 Å². The topological polar surface area (TPSA) is 128 Å². The lowest BCUT2D eigenvalue weighted by molar-refractivity contribution is -0.114. The fourth-order valence-electron chi connectivity index (χ4n) is 4.25. The summed E-state index contributed by atoms with van der Waals surface area (Å²) >= 11 is 13.4. The molecular weight excluding hydrogens is 569 g/mol. The zero-order chi connectivity index (χ0) is 29.9. The highest BCUT2D eigenvalue weighted by Gasteiger charge is 2.23. The number of halogens is 2. The van der Waals surface area contributed by atoms with Crippen LogP contribution in [0.15, 0.2) is 47.4 Å². The fraction of sp³-hybridized carbons (Fsp3) is 0.310. The summed E-state index contributed by atoms with van der Waals surface area (Å²) in [6.07, 6.45) is 2.08. The maximum Gasteiger partial charge on any atom is 0.260 e. The van der Waals surface area contributed by atoms with Gasteiger partial charge in [0.25, 0.3) is 5.56 Å². The number of hydrogen-bond donors (Lipinski definition) is 3. The molecular formula is C29H31Cl2N5O5. The fourth-order valence-corrected chi connectivity index (χ4v) is 4.95. The quantitative estimate of drug-likeness (QED) is 0.228. The summed E-state index contributed by atoms with van der Waals surface area (Å²) in [5.41, 5.74) is 1.14. The summed E-state index contributed by atoms with van der Waals surface area (Å²) in [5, 5.41) is 16.8. The van der Waals surface area contributed by atoms with Crippen LogP contribution in [0.4, 0.5) is 11.6 Å². The Morgan fingerprint density at radius 2 is 1.71 bits per heavy atom. The molecule has 0 atom stereocenters. The van der Waals surface area contributed by atoms with Crippen LogP contribution < -0.4 is 25.7 Å². The van der Waals surface area contributed by atoms with Crippen LogP contribution in [0.2, 0.25) is 10.0 Å². The van der Waals surface area contributed by atoms with Gasteiger partial charge in [-0.05, 0) is 44.0 Å². The third-order valence-electron chi connectivity index (χ3n) is 6.25. The van der Waals surface area contributed by atoms with Crippen LogP contribution >= 0.6 is 23.2 Å². The van der Waals surface area contributed by atoms with Gasteiger partial charge < -0.3 is 25.2 Å². The Hall–Kier alpha value is -3.86. The van der Waals surface area contributed by atoms with Crippen molar-refractivity contribution in [3.63, 3.8) is 0 Å². The number of pyridine rings is 1. The van der Waals surface area contributed by atoms with Crippen molar-refractivity contribution in [1.29, 1.82) is 0 Å². The average Bonchev–Trinajstić information content (AvgIpc) is 2.92. The molecule has 1 amide bonds. The molecule has 12 heteroatoms. The van der Waals surface area contributed by atoms with Gasteiger partial charge in [-0.25, -0.2) is 4.98 Å². The molecule has 2 heterocycles. The van der Waals surface area contributed by atoms with Crippen molar-refractivity contribution in [2.75, 3.05) is 31.4 Å². The maximum atomic E-state index is 14.1. The van der Waals surface area contributed by atoms with Crippen LogP contribution in [0.25, 0.3) is 22.2 Å². The lowest BCUT2D eigenvalue weighted by Gasteiger charge is -2.19. The number of carbonyl (C=O) groups is 1. The van der Waals surface area contributed by atoms with E-state index in [1.165, 1.54) is 21.1 Å². The van der Waals surface area contributed by atoms with E-state index in [4.69, 9.17) is 32.7 Å². The maximum absolute atomic E-state index is 14.1. The van der Waals surface area contributed by atoms with Gasteiger partial charge in [0, 0.05) is 48.9 Å². The molecule has 0 unspecified atom stereocenters. The summed E-state index contributed by atoms with van der Waals surface area (Å²) in [6, 6.07) is 10.6. The Balaban J connectivity index is 1.85. The molecule has 4 aromatic rings. The molecule has 0 bridgehead atoms. The minimum atomic E-state index is -0.996. The first-order valence-electron chi connectivity index (χ1n) is 12.8. The summed E-state index contributed by atoms with van der Waals surface area (Å²) in [4.78, 5) is 34.5. The van der Waals surface area contributed by atoms with Crippen molar-refractivity contribution in [2.45, 2.75) is 39.3 Å². The molecule has 0 fully saturated rings. The molecule has 0 aliphatic heterocycles. The van der Waals surface area contributed by atoms with E-state index in [1.807, 2.05) is 12.1 Å². The van der Waals surface area contributed by atoms with E-state index in [0.717, 1.165) is 5.56 Å². The molecule has 0 aliphatic rings. The first kappa shape index (κ1) is 30.1. The number of anilines is 2. The Labute approximate surface area is 247 Å². The highest BCUT2D eigenvalue weighted by Crippen LogP contribution is 2.45. The molecule has 0 spiro atoms. The Kier molecular flexibility index (Phi) is 9.06. The van der Waals surface area contributed by atoms with Crippen LogP contribution in [0.3, 0.4) is 0 Å². The van der Waals surface area contributed by atoms with E-state index >= 15 is 0 Å². The standard InChI is InChI=1S/C29H31Cl2N5O5/c1-16(37)34-19-8-6-17(7-9-19)10-11-36-26-18(14-32-28(35-26)33-15-29(2,3)39)12-20(27(36)38)23-24(30)21(40-4)13-22(41-5)25(23)31/h6-9,12-14,39H,10-11,15H2,1-5H3,(H,34,37)(H,32,33,35). The van der Waals surface area contributed by atoms with Crippen molar-refractivity contribution in [3.8, 4) is 22.6 Å². The minimum Gasteiger partial charge on any atom is -0.495 e. The van der Waals surface area contributed by atoms with Gasteiger partial charge in [-0.2, -0.15) is 4.98 Å². The van der Waals surface area contributed by atoms with Gasteiger partial charge in [-0.3, -0.25) is 14.2 Å². The number of aliphatic hydroxyl groups is 1. The number of nitrogens with one attached hydrogen (secondary N) is 2. The van der Waals surface area contributed by atoms with Gasteiger partial charge in [0.1, 0.15) is 17.1 Å². The number of hydrogen-bond acceptors (Lipinski definition) is 8. The molecule has 41 heavy (non-hydrogen) atoms. The Bertz CT molecular complexity index is 1620. The largest absolute Gasteiger partial charge is 0.495 e. The summed E-state index contributed by atoms with van der Waals surface area (Å²) in [5.74, 6) is 0.707. The van der Waals surface area contributed by atoms with Crippen molar-refractivity contribution in [1.82, 2.24) is 14.5 Å². The van der Waals surface area contributed by atoms with Crippen LogP contribution in [0.5, 0.6) is 11.5 Å². The van der Waals surface area contributed by atoms with E-state index in [9.17, 15) is 14.7 Å². The van der Waals surface area contributed by atoms with Crippen LogP contribution in [-0.4, -0.2) is 51.9 Å². The minimum absolute atomic E-state index is 0.159. The molecule has 2 aromatic carbocycles. The predicted octanol–water partition coefficient (Wildman–Crippen LogP) is 5.17. The smallest absolute Gasteiger partial charge is 0.260 e. The van der Waals surface area contributed by atoms with Crippen molar-refractivity contribution in [2.24, 2.45) is 0 Å². The number of rotatable bonds is 10. The lowest BCUT2D eigenvalue weighted by atomic mass is 10.0. The summed E-state index contributed by atoms with van der Waals surface area (Å²) in [7, 11) is 2.93.